The predicted octanol–water partition coefficient (Wildman–Crippen LogP) is 3.25. The standard InChI is InChI=1S/C17H18FNO2/c1-12-9-13(2)11-14(10-12)21-8-7-19-17(20)15-5-3-4-6-16(15)18/h3-6,9-11H,7-8H2,1-2H3,(H,19,20). The summed E-state index contributed by atoms with van der Waals surface area (Å²) in [5, 5.41) is 2.64. The van der Waals surface area contributed by atoms with Gasteiger partial charge in [-0.2, -0.15) is 0 Å². The van der Waals surface area contributed by atoms with Gasteiger partial charge in [-0.15, -0.1) is 0 Å². The molecule has 0 atom stereocenters. The van der Waals surface area contributed by atoms with Gasteiger partial charge in [0.1, 0.15) is 18.2 Å². The van der Waals surface area contributed by atoms with Crippen LogP contribution < -0.4 is 10.1 Å². The fraction of sp³-hybridized carbons (Fsp3) is 0.235. The zero-order chi connectivity index (χ0) is 15.2. The van der Waals surface area contributed by atoms with Crippen molar-refractivity contribution >= 4 is 5.91 Å². The van der Waals surface area contributed by atoms with E-state index in [0.717, 1.165) is 16.9 Å². The Labute approximate surface area is 123 Å². The highest BCUT2D eigenvalue weighted by Crippen LogP contribution is 2.15. The highest BCUT2D eigenvalue weighted by molar-refractivity contribution is 5.94. The van der Waals surface area contributed by atoms with Gasteiger partial charge in [0.05, 0.1) is 12.1 Å². The fourth-order valence-electron chi connectivity index (χ4n) is 2.09. The third-order valence-corrected chi connectivity index (χ3v) is 2.97. The lowest BCUT2D eigenvalue weighted by Gasteiger charge is -2.09. The highest BCUT2D eigenvalue weighted by Gasteiger charge is 2.09. The normalized spacial score (nSPS) is 10.2. The number of amides is 1. The minimum atomic E-state index is -0.523. The largest absolute Gasteiger partial charge is 0.492 e. The van der Waals surface area contributed by atoms with Gasteiger partial charge in [-0.1, -0.05) is 18.2 Å². The number of carbonyl (C=O) groups is 1. The maximum atomic E-state index is 13.4. The first-order chi connectivity index (χ1) is 10.1. The van der Waals surface area contributed by atoms with E-state index in [2.05, 4.69) is 11.4 Å². The van der Waals surface area contributed by atoms with Crippen molar-refractivity contribution in [1.82, 2.24) is 5.32 Å². The average Bonchev–Trinajstić information content (AvgIpc) is 2.43. The maximum Gasteiger partial charge on any atom is 0.254 e. The molecule has 2 aromatic rings. The average molecular weight is 287 g/mol. The second-order valence-corrected chi connectivity index (χ2v) is 4.91. The Kier molecular flexibility index (Phi) is 4.93. The Hall–Kier alpha value is -2.36. The van der Waals surface area contributed by atoms with Gasteiger partial charge in [-0.3, -0.25) is 4.79 Å². The van der Waals surface area contributed by atoms with Crippen molar-refractivity contribution in [2.45, 2.75) is 13.8 Å². The third kappa shape index (κ3) is 4.31. The summed E-state index contributed by atoms with van der Waals surface area (Å²) in [6, 6.07) is 11.8. The zero-order valence-corrected chi connectivity index (χ0v) is 12.2. The molecule has 0 fully saturated rings. The van der Waals surface area contributed by atoms with Crippen LogP contribution in [0, 0.1) is 19.7 Å². The lowest BCUT2D eigenvalue weighted by atomic mass is 10.1. The van der Waals surface area contributed by atoms with Crippen molar-refractivity contribution in [2.75, 3.05) is 13.2 Å². The number of halogens is 1. The lowest BCUT2D eigenvalue weighted by Crippen LogP contribution is -2.28. The Balaban J connectivity index is 1.82. The topological polar surface area (TPSA) is 38.3 Å². The van der Waals surface area contributed by atoms with E-state index in [0.29, 0.717) is 13.2 Å². The molecule has 0 aliphatic carbocycles. The van der Waals surface area contributed by atoms with Crippen molar-refractivity contribution in [1.29, 1.82) is 0 Å². The summed E-state index contributed by atoms with van der Waals surface area (Å²) in [6.45, 7) is 4.66. The first-order valence-corrected chi connectivity index (χ1v) is 6.80. The first kappa shape index (κ1) is 15.0. The number of nitrogens with one attached hydrogen (secondary N) is 1. The van der Waals surface area contributed by atoms with Crippen LogP contribution in [0.5, 0.6) is 5.75 Å². The smallest absolute Gasteiger partial charge is 0.254 e. The van der Waals surface area contributed by atoms with Crippen molar-refractivity contribution in [3.8, 4) is 5.75 Å². The summed E-state index contributed by atoms with van der Waals surface area (Å²) in [5.74, 6) is -0.185. The van der Waals surface area contributed by atoms with E-state index in [1.165, 1.54) is 12.1 Å². The van der Waals surface area contributed by atoms with E-state index in [9.17, 15) is 9.18 Å². The van der Waals surface area contributed by atoms with Crippen molar-refractivity contribution < 1.29 is 13.9 Å². The number of carbonyl (C=O) groups excluding carboxylic acids is 1. The van der Waals surface area contributed by atoms with E-state index in [-0.39, 0.29) is 5.56 Å². The molecule has 110 valence electrons. The van der Waals surface area contributed by atoms with Crippen LogP contribution in [0.3, 0.4) is 0 Å². The van der Waals surface area contributed by atoms with Gasteiger partial charge in [0.25, 0.3) is 5.91 Å². The van der Waals surface area contributed by atoms with Crippen molar-refractivity contribution in [3.05, 3.63) is 65.0 Å². The van der Waals surface area contributed by atoms with E-state index >= 15 is 0 Å². The molecule has 1 amide bonds. The molecular weight excluding hydrogens is 269 g/mol. The minimum Gasteiger partial charge on any atom is -0.492 e. The van der Waals surface area contributed by atoms with Crippen molar-refractivity contribution in [3.63, 3.8) is 0 Å². The second-order valence-electron chi connectivity index (χ2n) is 4.91. The van der Waals surface area contributed by atoms with Crippen LogP contribution in [-0.4, -0.2) is 19.1 Å². The molecule has 21 heavy (non-hydrogen) atoms. The SMILES string of the molecule is Cc1cc(C)cc(OCCNC(=O)c2ccccc2F)c1. The maximum absolute atomic E-state index is 13.4. The van der Waals surface area contributed by atoms with Crippen LogP contribution in [0.4, 0.5) is 4.39 Å². The fourth-order valence-corrected chi connectivity index (χ4v) is 2.09. The Morgan fingerprint density at radius 1 is 1.14 bits per heavy atom. The summed E-state index contributed by atoms with van der Waals surface area (Å²) in [5.41, 5.74) is 2.30. The molecule has 1 N–H and O–H groups in total. The number of hydrogen-bond acceptors (Lipinski definition) is 2. The number of rotatable bonds is 5. The summed E-state index contributed by atoms with van der Waals surface area (Å²) in [7, 11) is 0. The molecule has 0 aromatic heterocycles. The molecule has 0 radical (unpaired) electrons. The molecule has 0 saturated carbocycles. The van der Waals surface area contributed by atoms with Gasteiger partial charge >= 0.3 is 0 Å². The number of ether oxygens (including phenoxy) is 1. The first-order valence-electron chi connectivity index (χ1n) is 6.80. The van der Waals surface area contributed by atoms with Gasteiger partial charge in [-0.05, 0) is 49.2 Å². The summed E-state index contributed by atoms with van der Waals surface area (Å²) in [6.07, 6.45) is 0. The summed E-state index contributed by atoms with van der Waals surface area (Å²) in [4.78, 5) is 11.8. The highest BCUT2D eigenvalue weighted by atomic mass is 19.1. The van der Waals surface area contributed by atoms with Crippen LogP contribution in [-0.2, 0) is 0 Å². The molecule has 4 heteroatoms. The van der Waals surface area contributed by atoms with Gasteiger partial charge in [0, 0.05) is 0 Å². The Morgan fingerprint density at radius 3 is 2.48 bits per heavy atom. The Morgan fingerprint density at radius 2 is 1.81 bits per heavy atom. The predicted molar refractivity (Wildman–Crippen MR) is 80.1 cm³/mol. The number of aryl methyl sites for hydroxylation is 2. The molecule has 0 aliphatic heterocycles. The monoisotopic (exact) mass is 287 g/mol. The van der Waals surface area contributed by atoms with Gasteiger partial charge in [0.2, 0.25) is 0 Å². The second kappa shape index (κ2) is 6.88. The number of benzene rings is 2. The van der Waals surface area contributed by atoms with Crippen LogP contribution in [0.15, 0.2) is 42.5 Å². The molecule has 0 heterocycles. The van der Waals surface area contributed by atoms with Crippen molar-refractivity contribution in [2.24, 2.45) is 0 Å². The van der Waals surface area contributed by atoms with Crippen LogP contribution in [0.1, 0.15) is 21.5 Å². The molecule has 0 bridgehead atoms. The molecule has 2 rings (SSSR count). The van der Waals surface area contributed by atoms with Gasteiger partial charge < -0.3 is 10.1 Å². The molecule has 0 saturated heterocycles. The van der Waals surface area contributed by atoms with Crippen LogP contribution in [0.25, 0.3) is 0 Å². The third-order valence-electron chi connectivity index (χ3n) is 2.97. The molecule has 0 unspecified atom stereocenters. The summed E-state index contributed by atoms with van der Waals surface area (Å²) >= 11 is 0. The lowest BCUT2D eigenvalue weighted by molar-refractivity contribution is 0.0943. The quantitative estimate of drug-likeness (QED) is 0.857. The molecular formula is C17H18FNO2. The molecule has 0 aliphatic rings. The van der Waals surface area contributed by atoms with E-state index < -0.39 is 11.7 Å². The zero-order valence-electron chi connectivity index (χ0n) is 12.2. The minimum absolute atomic E-state index is 0.0453. The van der Waals surface area contributed by atoms with Gasteiger partial charge in [0.15, 0.2) is 0 Å². The van der Waals surface area contributed by atoms with E-state index in [1.54, 1.807) is 12.1 Å². The van der Waals surface area contributed by atoms with E-state index in [4.69, 9.17) is 4.74 Å². The summed E-state index contributed by atoms with van der Waals surface area (Å²) < 4.78 is 19.0. The van der Waals surface area contributed by atoms with Gasteiger partial charge in [-0.25, -0.2) is 4.39 Å². The Bertz CT molecular complexity index is 620. The van der Waals surface area contributed by atoms with Crippen LogP contribution in [0.2, 0.25) is 0 Å². The van der Waals surface area contributed by atoms with E-state index in [1.807, 2.05) is 26.0 Å². The molecule has 0 spiro atoms. The molecule has 2 aromatic carbocycles. The van der Waals surface area contributed by atoms with Crippen LogP contribution >= 0.6 is 0 Å². The number of hydrogen-bond donors (Lipinski definition) is 1. The molecule has 3 nitrogen and oxygen atoms in total.